The van der Waals surface area contributed by atoms with Crippen molar-refractivity contribution < 1.29 is 14.2 Å². The van der Waals surface area contributed by atoms with E-state index in [1.54, 1.807) is 12.1 Å². The van der Waals surface area contributed by atoms with Crippen LogP contribution in [-0.4, -0.2) is 24.4 Å². The lowest BCUT2D eigenvalue weighted by Gasteiger charge is -2.13. The fourth-order valence-electron chi connectivity index (χ4n) is 1.84. The van der Waals surface area contributed by atoms with Crippen molar-refractivity contribution in [3.63, 3.8) is 0 Å². The van der Waals surface area contributed by atoms with Crippen LogP contribution in [0.3, 0.4) is 0 Å². The van der Waals surface area contributed by atoms with Crippen LogP contribution in [0.4, 0.5) is 4.39 Å². The lowest BCUT2D eigenvalue weighted by atomic mass is 10.2. The van der Waals surface area contributed by atoms with Gasteiger partial charge in [0, 0.05) is 17.6 Å². The second kappa shape index (κ2) is 8.12. The van der Waals surface area contributed by atoms with Gasteiger partial charge in [0.05, 0.1) is 0 Å². The predicted molar refractivity (Wildman–Crippen MR) is 83.8 cm³/mol. The highest BCUT2D eigenvalue weighted by Gasteiger charge is 2.07. The quantitative estimate of drug-likeness (QED) is 0.803. The van der Waals surface area contributed by atoms with Gasteiger partial charge in [-0.1, -0.05) is 40.2 Å². The molecular formula is C16H17BrFNO2. The molecule has 2 aromatic rings. The number of para-hydroxylation sites is 1. The lowest BCUT2D eigenvalue weighted by Crippen LogP contribution is -2.31. The number of ether oxygens (including phenoxy) is 1. The number of nitrogens with one attached hydrogen (secondary N) is 1. The first kappa shape index (κ1) is 15.9. The molecular weight excluding hydrogens is 337 g/mol. The molecule has 2 N–H and O–H groups in total. The van der Waals surface area contributed by atoms with Crippen molar-refractivity contribution in [3.8, 4) is 5.75 Å². The molecule has 3 nitrogen and oxygen atoms in total. The molecule has 0 heterocycles. The average molecular weight is 354 g/mol. The number of aliphatic hydroxyl groups excluding tert-OH is 1. The van der Waals surface area contributed by atoms with Gasteiger partial charge in [-0.05, 0) is 29.8 Å². The Hall–Kier alpha value is -1.43. The molecule has 0 radical (unpaired) electrons. The first-order valence-electron chi connectivity index (χ1n) is 6.65. The second-order valence-electron chi connectivity index (χ2n) is 4.66. The van der Waals surface area contributed by atoms with Crippen molar-refractivity contribution in [2.75, 3.05) is 13.2 Å². The highest BCUT2D eigenvalue weighted by Crippen LogP contribution is 2.15. The van der Waals surface area contributed by atoms with Crippen LogP contribution in [0.15, 0.2) is 53.0 Å². The van der Waals surface area contributed by atoms with Crippen LogP contribution in [0, 0.1) is 5.82 Å². The van der Waals surface area contributed by atoms with Crippen molar-refractivity contribution in [3.05, 3.63) is 64.4 Å². The second-order valence-corrected chi connectivity index (χ2v) is 5.57. The number of aliphatic hydroxyl groups is 1. The molecule has 0 aliphatic rings. The van der Waals surface area contributed by atoms with Crippen molar-refractivity contribution in [2.45, 2.75) is 12.6 Å². The minimum absolute atomic E-state index is 0.0480. The zero-order valence-corrected chi connectivity index (χ0v) is 13.0. The Balaban J connectivity index is 1.70. The van der Waals surface area contributed by atoms with E-state index in [1.165, 1.54) is 12.1 Å². The normalized spacial score (nSPS) is 12.1. The summed E-state index contributed by atoms with van der Waals surface area (Å²) in [4.78, 5) is 0. The van der Waals surface area contributed by atoms with Crippen molar-refractivity contribution in [1.29, 1.82) is 0 Å². The SMILES string of the molecule is OC(CNCc1cccc(Br)c1)COc1ccccc1F. The zero-order chi connectivity index (χ0) is 15.1. The van der Waals surface area contributed by atoms with Gasteiger partial charge in [-0.3, -0.25) is 0 Å². The fraction of sp³-hybridized carbons (Fsp3) is 0.250. The number of hydrogen-bond donors (Lipinski definition) is 2. The van der Waals surface area contributed by atoms with Crippen LogP contribution in [0.2, 0.25) is 0 Å². The summed E-state index contributed by atoms with van der Waals surface area (Å²) in [5.41, 5.74) is 1.12. The van der Waals surface area contributed by atoms with Crippen molar-refractivity contribution >= 4 is 15.9 Å². The maximum Gasteiger partial charge on any atom is 0.165 e. The summed E-state index contributed by atoms with van der Waals surface area (Å²) < 4.78 is 19.6. The monoisotopic (exact) mass is 353 g/mol. The molecule has 2 aromatic carbocycles. The minimum atomic E-state index is -0.697. The highest BCUT2D eigenvalue weighted by molar-refractivity contribution is 9.10. The Kier molecular flexibility index (Phi) is 6.17. The van der Waals surface area contributed by atoms with E-state index in [9.17, 15) is 9.50 Å². The van der Waals surface area contributed by atoms with E-state index in [1.807, 2.05) is 24.3 Å². The summed E-state index contributed by atoms with van der Waals surface area (Å²) in [6.07, 6.45) is -0.697. The Morgan fingerprint density at radius 2 is 2.00 bits per heavy atom. The maximum atomic E-state index is 13.3. The number of hydrogen-bond acceptors (Lipinski definition) is 3. The molecule has 0 aliphatic carbocycles. The van der Waals surface area contributed by atoms with E-state index < -0.39 is 11.9 Å². The molecule has 1 unspecified atom stereocenters. The third-order valence-electron chi connectivity index (χ3n) is 2.87. The van der Waals surface area contributed by atoms with Gasteiger partial charge in [0.25, 0.3) is 0 Å². The predicted octanol–water partition coefficient (Wildman–Crippen LogP) is 3.12. The molecule has 0 aromatic heterocycles. The first-order valence-corrected chi connectivity index (χ1v) is 7.45. The third-order valence-corrected chi connectivity index (χ3v) is 3.36. The van der Waals surface area contributed by atoms with E-state index in [4.69, 9.17) is 4.74 Å². The summed E-state index contributed by atoms with van der Waals surface area (Å²) in [5.74, 6) is -0.268. The van der Waals surface area contributed by atoms with Gasteiger partial charge in [-0.25, -0.2) is 4.39 Å². The van der Waals surface area contributed by atoms with Gasteiger partial charge in [-0.15, -0.1) is 0 Å². The topological polar surface area (TPSA) is 41.5 Å². The van der Waals surface area contributed by atoms with E-state index in [0.29, 0.717) is 13.1 Å². The van der Waals surface area contributed by atoms with E-state index >= 15 is 0 Å². The summed E-state index contributed by atoms with van der Waals surface area (Å²) >= 11 is 3.41. The standard InChI is InChI=1S/C16H17BrFNO2/c17-13-5-3-4-12(8-13)9-19-10-14(20)11-21-16-7-2-1-6-15(16)18/h1-8,14,19-20H,9-11H2. The number of halogens is 2. The van der Waals surface area contributed by atoms with Gasteiger partial charge in [0.15, 0.2) is 11.6 Å². The molecule has 0 saturated heterocycles. The van der Waals surface area contributed by atoms with E-state index in [2.05, 4.69) is 21.2 Å². The van der Waals surface area contributed by atoms with Gasteiger partial charge >= 0.3 is 0 Å². The summed E-state index contributed by atoms with van der Waals surface area (Å²) in [5, 5.41) is 12.9. The Morgan fingerprint density at radius 1 is 1.19 bits per heavy atom. The average Bonchev–Trinajstić information content (AvgIpc) is 2.46. The van der Waals surface area contributed by atoms with Crippen LogP contribution in [0.5, 0.6) is 5.75 Å². The smallest absolute Gasteiger partial charge is 0.165 e. The minimum Gasteiger partial charge on any atom is -0.488 e. The lowest BCUT2D eigenvalue weighted by molar-refractivity contribution is 0.104. The third kappa shape index (κ3) is 5.46. The zero-order valence-electron chi connectivity index (χ0n) is 11.4. The first-order chi connectivity index (χ1) is 10.1. The van der Waals surface area contributed by atoms with E-state index in [0.717, 1.165) is 10.0 Å². The van der Waals surface area contributed by atoms with Crippen molar-refractivity contribution in [2.24, 2.45) is 0 Å². The molecule has 0 fully saturated rings. The molecule has 21 heavy (non-hydrogen) atoms. The largest absolute Gasteiger partial charge is 0.488 e. The maximum absolute atomic E-state index is 13.3. The van der Waals surface area contributed by atoms with Gasteiger partial charge in [0.2, 0.25) is 0 Å². The molecule has 0 amide bonds. The van der Waals surface area contributed by atoms with Crippen LogP contribution < -0.4 is 10.1 Å². The summed E-state index contributed by atoms with van der Waals surface area (Å²) in [7, 11) is 0. The van der Waals surface area contributed by atoms with Crippen LogP contribution >= 0.6 is 15.9 Å². The number of rotatable bonds is 7. The number of benzene rings is 2. The molecule has 0 spiro atoms. The van der Waals surface area contributed by atoms with Crippen LogP contribution in [0.25, 0.3) is 0 Å². The molecule has 0 aliphatic heterocycles. The Bertz CT molecular complexity index is 580. The van der Waals surface area contributed by atoms with Crippen LogP contribution in [-0.2, 0) is 6.54 Å². The molecule has 112 valence electrons. The Morgan fingerprint density at radius 3 is 2.76 bits per heavy atom. The molecule has 2 rings (SSSR count). The Labute approximate surface area is 131 Å². The van der Waals surface area contributed by atoms with Gasteiger partial charge < -0.3 is 15.2 Å². The van der Waals surface area contributed by atoms with Crippen LogP contribution in [0.1, 0.15) is 5.56 Å². The summed E-state index contributed by atoms with van der Waals surface area (Å²) in [6, 6.07) is 14.1. The molecule has 1 atom stereocenters. The summed E-state index contributed by atoms with van der Waals surface area (Å²) in [6.45, 7) is 1.07. The molecule has 0 bridgehead atoms. The van der Waals surface area contributed by atoms with E-state index in [-0.39, 0.29) is 12.4 Å². The molecule has 5 heteroatoms. The highest BCUT2D eigenvalue weighted by atomic mass is 79.9. The van der Waals surface area contributed by atoms with Crippen molar-refractivity contribution in [1.82, 2.24) is 5.32 Å². The molecule has 0 saturated carbocycles. The van der Waals surface area contributed by atoms with Gasteiger partial charge in [-0.2, -0.15) is 0 Å². The fourth-order valence-corrected chi connectivity index (χ4v) is 2.28. The van der Waals surface area contributed by atoms with Gasteiger partial charge in [0.1, 0.15) is 12.7 Å².